The van der Waals surface area contributed by atoms with Crippen LogP contribution in [0.2, 0.25) is 0 Å². The number of rotatable bonds is 9. The van der Waals surface area contributed by atoms with Gasteiger partial charge in [-0.05, 0) is 0 Å². The van der Waals surface area contributed by atoms with Crippen LogP contribution in [0.5, 0.6) is 0 Å². The molecule has 0 radical (unpaired) electrons. The van der Waals surface area contributed by atoms with Gasteiger partial charge in [0.2, 0.25) is 0 Å². The Bertz CT molecular complexity index is 4510. The molecule has 0 unspecified atom stereocenters. The molecule has 0 N–H and O–H groups in total. The fourth-order valence-corrected chi connectivity index (χ4v) is 21.8. The molecule has 0 aliphatic carbocycles. The molecule has 5 heterocycles. The molecule has 13 aromatic rings. The van der Waals surface area contributed by atoms with Crippen molar-refractivity contribution < 1.29 is 0 Å². The molecule has 10 heteroatoms. The Kier molecular flexibility index (Phi) is 12.5. The van der Waals surface area contributed by atoms with Gasteiger partial charge >= 0.3 is 536 Å². The fourth-order valence-electron chi connectivity index (χ4n) is 14.6. The summed E-state index contributed by atoms with van der Waals surface area (Å²) in [6.07, 6.45) is 0. The first-order valence-electron chi connectivity index (χ1n) is 30.2. The second-order valence-electron chi connectivity index (χ2n) is 23.0. The third-order valence-corrected chi connectivity index (χ3v) is 24.5. The van der Waals surface area contributed by atoms with E-state index < -0.39 is 0 Å². The summed E-state index contributed by atoms with van der Waals surface area (Å²) in [5, 5.41) is 0. The van der Waals surface area contributed by atoms with Crippen molar-refractivity contribution >= 4 is 197 Å². The summed E-state index contributed by atoms with van der Waals surface area (Å²) in [5.74, 6) is 0. The van der Waals surface area contributed by atoms with E-state index in [-0.39, 0.29) is 50.1 Å². The van der Waals surface area contributed by atoms with Gasteiger partial charge in [-0.15, -0.1) is 0 Å². The van der Waals surface area contributed by atoms with Crippen molar-refractivity contribution in [2.75, 3.05) is 19.6 Å². The van der Waals surface area contributed by atoms with E-state index in [9.17, 15) is 0 Å². The third-order valence-electron chi connectivity index (χ3n) is 18.2. The maximum atomic E-state index is 2.77. The topological polar surface area (TPSA) is 13.0 Å². The number of benzene rings is 13. The summed E-state index contributed by atoms with van der Waals surface area (Å²) in [7, 11) is 0. The molecule has 0 spiro atoms. The zero-order valence-corrected chi connectivity index (χ0v) is 51.9. The fraction of sp³-hybridized carbons (Fsp3) is 0. The number of nitrogens with zero attached hydrogens (tertiary/aromatic N) is 4. The van der Waals surface area contributed by atoms with Crippen LogP contribution in [-0.2, 0) is 0 Å². The number of fused-ring (bicyclic) bond motifs is 10. The zero-order chi connectivity index (χ0) is 57.8. The van der Waals surface area contributed by atoms with Crippen LogP contribution in [0.15, 0.2) is 319 Å². The molecular formula is C78H51B3N4SSe2. The van der Waals surface area contributed by atoms with Crippen LogP contribution < -0.4 is 86.6 Å². The summed E-state index contributed by atoms with van der Waals surface area (Å²) in [4.78, 5) is 12.8. The molecule has 0 atom stereocenters. The molecule has 0 saturated carbocycles. The van der Waals surface area contributed by atoms with Gasteiger partial charge < -0.3 is 0 Å². The van der Waals surface area contributed by atoms with Crippen LogP contribution in [0.4, 0.5) is 68.2 Å². The summed E-state index contributed by atoms with van der Waals surface area (Å²) in [6.45, 7) is -0.101. The Morgan fingerprint density at radius 3 is 0.966 bits per heavy atom. The second kappa shape index (κ2) is 21.2. The maximum absolute atomic E-state index is 2.77. The summed E-state index contributed by atoms with van der Waals surface area (Å²) in [6, 6.07) is 116. The average Bonchev–Trinajstić information content (AvgIpc) is 0.744. The van der Waals surface area contributed by atoms with Crippen molar-refractivity contribution in [3.05, 3.63) is 309 Å². The van der Waals surface area contributed by atoms with E-state index in [1.165, 1.54) is 99.6 Å². The molecule has 0 aromatic heterocycles. The van der Waals surface area contributed by atoms with Gasteiger partial charge in [-0.1, -0.05) is 0 Å². The quantitative estimate of drug-likeness (QED) is 0.133. The number of anilines is 12. The molecule has 88 heavy (non-hydrogen) atoms. The van der Waals surface area contributed by atoms with Crippen LogP contribution in [0.3, 0.4) is 0 Å². The molecule has 4 nitrogen and oxygen atoms in total. The van der Waals surface area contributed by atoms with Gasteiger partial charge in [-0.2, -0.15) is 0 Å². The summed E-state index contributed by atoms with van der Waals surface area (Å²) < 4.78 is 5.89. The molecule has 410 valence electrons. The molecule has 5 aliphatic heterocycles. The van der Waals surface area contributed by atoms with Gasteiger partial charge in [0.25, 0.3) is 0 Å². The molecule has 0 amide bonds. The van der Waals surface area contributed by atoms with Gasteiger partial charge in [0.15, 0.2) is 0 Å². The standard InChI is InChI=1S/C78H51B3N4SSe2/c1-7-27-52(28-8-1)82(53-29-9-2-10-30-53)58-47-68-74-72(49-58)87-77-64(79(74)60-39-19-23-43-66(60)84(68)56-35-15-5-16-36-56)51-65-78(76(77)81-62-41-21-25-45-70(62)86-71-46-26-22-42-63(71)81)88-73-50-59(83(54-31-11-3-12-32-54)55-33-13-4-14-34-55)48-69-75(73)80(65)61-40-20-24-44-67(61)85(69)57-37-17-6-18-38-57/h1-51H. The Hall–Kier alpha value is -9.36. The van der Waals surface area contributed by atoms with Gasteiger partial charge in [0, 0.05) is 0 Å². The normalized spacial score (nSPS) is 13.4. The summed E-state index contributed by atoms with van der Waals surface area (Å²) >= 11 is 1.62. The first-order chi connectivity index (χ1) is 43.7. The molecule has 5 aliphatic rings. The van der Waals surface area contributed by atoms with Crippen LogP contribution in [0, 0.1) is 0 Å². The average molecular weight is 1270 g/mol. The Labute approximate surface area is 531 Å². The van der Waals surface area contributed by atoms with Gasteiger partial charge in [0.1, 0.15) is 0 Å². The molecule has 0 fully saturated rings. The number of hydrogen-bond acceptors (Lipinski definition) is 5. The van der Waals surface area contributed by atoms with Crippen LogP contribution in [0.1, 0.15) is 0 Å². The number of para-hydroxylation sites is 8. The van der Waals surface area contributed by atoms with Crippen LogP contribution >= 0.6 is 11.8 Å². The van der Waals surface area contributed by atoms with Crippen molar-refractivity contribution in [3.8, 4) is 0 Å². The second-order valence-corrected chi connectivity index (χ2v) is 28.5. The SMILES string of the molecule is c1ccc(N(c2ccccc2)c2cc3c4c(c2)N(c2ccccc2)c2ccccc2B4c2cc4c(c(B5c6ccccc6Sc6ccccc65)c2[Se]3)[Se]c2cc(N(c3ccccc3)c3ccccc3)cc3c2B4c2ccccc2N3c2ccccc2)cc1. The van der Waals surface area contributed by atoms with E-state index in [2.05, 4.69) is 329 Å². The van der Waals surface area contributed by atoms with Gasteiger partial charge in [-0.25, -0.2) is 0 Å². The Balaban J connectivity index is 0.962. The minimum atomic E-state index is -0.159. The molecular weight excluding hydrogens is 1220 g/mol. The van der Waals surface area contributed by atoms with Crippen LogP contribution in [0.25, 0.3) is 0 Å². The predicted molar refractivity (Wildman–Crippen MR) is 379 cm³/mol. The minimum absolute atomic E-state index is 0.0101. The first-order valence-corrected chi connectivity index (χ1v) is 34.4. The van der Waals surface area contributed by atoms with Crippen molar-refractivity contribution in [3.63, 3.8) is 0 Å². The van der Waals surface area contributed by atoms with E-state index in [0.29, 0.717) is 0 Å². The van der Waals surface area contributed by atoms with Gasteiger partial charge in [-0.3, -0.25) is 0 Å². The van der Waals surface area contributed by atoms with Crippen molar-refractivity contribution in [2.24, 2.45) is 0 Å². The van der Waals surface area contributed by atoms with E-state index in [0.717, 1.165) is 45.5 Å². The Morgan fingerprint density at radius 2 is 0.580 bits per heavy atom. The van der Waals surface area contributed by atoms with Crippen molar-refractivity contribution in [1.29, 1.82) is 0 Å². The first kappa shape index (κ1) is 51.8. The molecule has 0 saturated heterocycles. The van der Waals surface area contributed by atoms with E-state index in [1.54, 1.807) is 0 Å². The molecule has 18 rings (SSSR count). The van der Waals surface area contributed by atoms with E-state index in [1.807, 2.05) is 11.8 Å². The third kappa shape index (κ3) is 8.24. The van der Waals surface area contributed by atoms with Crippen molar-refractivity contribution in [1.82, 2.24) is 0 Å². The van der Waals surface area contributed by atoms with E-state index >= 15 is 0 Å². The summed E-state index contributed by atoms with van der Waals surface area (Å²) in [5.41, 5.74) is 26.8. The zero-order valence-electron chi connectivity index (χ0n) is 47.7. The van der Waals surface area contributed by atoms with Crippen LogP contribution in [-0.4, -0.2) is 50.1 Å². The number of hydrogen-bond donors (Lipinski definition) is 0. The predicted octanol–water partition coefficient (Wildman–Crippen LogP) is 10.1. The van der Waals surface area contributed by atoms with Crippen molar-refractivity contribution in [2.45, 2.75) is 9.79 Å². The molecule has 13 aromatic carbocycles. The van der Waals surface area contributed by atoms with Gasteiger partial charge in [0.05, 0.1) is 0 Å². The Morgan fingerprint density at radius 1 is 0.261 bits per heavy atom. The van der Waals surface area contributed by atoms with E-state index in [4.69, 9.17) is 0 Å². The molecule has 0 bridgehead atoms. The monoisotopic (exact) mass is 1270 g/mol.